The molecule has 132 valence electrons. The molecule has 0 aliphatic carbocycles. The van der Waals surface area contributed by atoms with Crippen molar-refractivity contribution >= 4 is 17.8 Å². The molecule has 1 aromatic heterocycles. The molecule has 0 amide bonds. The van der Waals surface area contributed by atoms with Gasteiger partial charge in [0.2, 0.25) is 5.76 Å². The molecule has 3 rings (SSSR count). The van der Waals surface area contributed by atoms with Crippen LogP contribution in [0.5, 0.6) is 5.75 Å². The lowest BCUT2D eigenvalue weighted by Crippen LogP contribution is -1.97. The molecule has 0 atom stereocenters. The van der Waals surface area contributed by atoms with Crippen molar-refractivity contribution in [1.82, 2.24) is 5.16 Å². The number of ether oxygens (including phenoxy) is 1. The number of hydrogen-bond acceptors (Lipinski definition) is 5. The van der Waals surface area contributed by atoms with Gasteiger partial charge < -0.3 is 9.26 Å². The molecule has 0 bridgehead atoms. The van der Waals surface area contributed by atoms with E-state index in [1.165, 1.54) is 19.1 Å². The third kappa shape index (κ3) is 3.94. The van der Waals surface area contributed by atoms with Gasteiger partial charge in [-0.2, -0.15) is 0 Å². The van der Waals surface area contributed by atoms with Crippen molar-refractivity contribution in [3.8, 4) is 5.75 Å². The molecule has 0 spiro atoms. The van der Waals surface area contributed by atoms with Crippen LogP contribution in [-0.2, 0) is 6.61 Å². The van der Waals surface area contributed by atoms with Crippen LogP contribution < -0.4 is 4.74 Å². The number of halogens is 1. The lowest BCUT2D eigenvalue weighted by molar-refractivity contribution is -0.386. The van der Waals surface area contributed by atoms with Crippen LogP contribution in [0, 0.1) is 22.9 Å². The molecule has 0 N–H and O–H groups in total. The van der Waals surface area contributed by atoms with E-state index in [1.54, 1.807) is 48.5 Å². The van der Waals surface area contributed by atoms with Gasteiger partial charge in [-0.1, -0.05) is 41.6 Å². The summed E-state index contributed by atoms with van der Waals surface area (Å²) >= 11 is 0. The van der Waals surface area contributed by atoms with Gasteiger partial charge >= 0.3 is 5.69 Å². The molecule has 1 heterocycles. The Hall–Kier alpha value is -3.48. The minimum Gasteiger partial charge on any atom is -0.489 e. The normalized spacial score (nSPS) is 11.0. The standard InChI is InChI=1S/C19H15FN2O4/c1-13-19(22(23)24)18(26-21-13)11-8-14-6-9-16(10-7-14)25-12-15-4-2-3-5-17(15)20/h2-11H,12H2,1H3. The van der Waals surface area contributed by atoms with Gasteiger partial charge in [0.1, 0.15) is 18.2 Å². The maximum absolute atomic E-state index is 13.6. The van der Waals surface area contributed by atoms with E-state index in [9.17, 15) is 14.5 Å². The summed E-state index contributed by atoms with van der Waals surface area (Å²) in [7, 11) is 0. The number of nitrogens with zero attached hydrogens (tertiary/aromatic N) is 2. The van der Waals surface area contributed by atoms with Gasteiger partial charge in [-0.05, 0) is 36.8 Å². The van der Waals surface area contributed by atoms with E-state index in [4.69, 9.17) is 9.26 Å². The fraction of sp³-hybridized carbons (Fsp3) is 0.105. The summed E-state index contributed by atoms with van der Waals surface area (Å²) in [5.74, 6) is 0.371. The lowest BCUT2D eigenvalue weighted by Gasteiger charge is -2.07. The van der Waals surface area contributed by atoms with Crippen molar-refractivity contribution in [3.05, 3.63) is 87.0 Å². The van der Waals surface area contributed by atoms with E-state index in [2.05, 4.69) is 5.16 Å². The molecule has 0 saturated heterocycles. The quantitative estimate of drug-likeness (QED) is 0.470. The summed E-state index contributed by atoms with van der Waals surface area (Å²) in [6.45, 7) is 1.64. The highest BCUT2D eigenvalue weighted by atomic mass is 19.1. The van der Waals surface area contributed by atoms with Crippen LogP contribution in [0.15, 0.2) is 53.1 Å². The maximum Gasteiger partial charge on any atom is 0.338 e. The Morgan fingerprint density at radius 3 is 2.62 bits per heavy atom. The summed E-state index contributed by atoms with van der Waals surface area (Å²) in [6.07, 6.45) is 3.17. The number of benzene rings is 2. The van der Waals surface area contributed by atoms with Crippen LogP contribution in [-0.4, -0.2) is 10.1 Å². The zero-order chi connectivity index (χ0) is 18.5. The fourth-order valence-corrected chi connectivity index (χ4v) is 2.34. The van der Waals surface area contributed by atoms with E-state index in [-0.39, 0.29) is 29.6 Å². The Morgan fingerprint density at radius 2 is 1.92 bits per heavy atom. The first-order valence-electron chi connectivity index (χ1n) is 7.79. The highest BCUT2D eigenvalue weighted by Gasteiger charge is 2.21. The Labute approximate surface area is 148 Å². The predicted octanol–water partition coefficient (Wildman–Crippen LogP) is 4.78. The Kier molecular flexibility index (Phi) is 5.07. The molecule has 0 radical (unpaired) electrons. The lowest BCUT2D eigenvalue weighted by atomic mass is 10.2. The number of rotatable bonds is 6. The molecule has 0 aliphatic rings. The van der Waals surface area contributed by atoms with Crippen molar-refractivity contribution in [2.45, 2.75) is 13.5 Å². The van der Waals surface area contributed by atoms with Crippen LogP contribution in [0.1, 0.15) is 22.6 Å². The van der Waals surface area contributed by atoms with Gasteiger partial charge in [-0.3, -0.25) is 10.1 Å². The molecule has 7 heteroatoms. The Balaban J connectivity index is 1.66. The molecule has 26 heavy (non-hydrogen) atoms. The van der Waals surface area contributed by atoms with Gasteiger partial charge in [0.15, 0.2) is 5.69 Å². The summed E-state index contributed by atoms with van der Waals surface area (Å²) in [4.78, 5) is 10.5. The number of hydrogen-bond donors (Lipinski definition) is 0. The number of aromatic nitrogens is 1. The third-order valence-corrected chi connectivity index (χ3v) is 3.70. The molecule has 0 saturated carbocycles. The van der Waals surface area contributed by atoms with E-state index >= 15 is 0 Å². The summed E-state index contributed by atoms with van der Waals surface area (Å²) < 4.78 is 24.1. The molecule has 6 nitrogen and oxygen atoms in total. The third-order valence-electron chi connectivity index (χ3n) is 3.70. The first kappa shape index (κ1) is 17.3. The molecule has 0 unspecified atom stereocenters. The van der Waals surface area contributed by atoms with E-state index in [0.29, 0.717) is 11.3 Å². The SMILES string of the molecule is Cc1noc(C=Cc2ccc(OCc3ccccc3F)cc2)c1[N+](=O)[O-]. The number of nitro groups is 1. The molecular formula is C19H15FN2O4. The van der Waals surface area contributed by atoms with E-state index in [0.717, 1.165) is 5.56 Å². The maximum atomic E-state index is 13.6. The Morgan fingerprint density at radius 1 is 1.19 bits per heavy atom. The van der Waals surface area contributed by atoms with Gasteiger partial charge in [-0.25, -0.2) is 4.39 Å². The van der Waals surface area contributed by atoms with Gasteiger partial charge in [0.25, 0.3) is 0 Å². The summed E-state index contributed by atoms with van der Waals surface area (Å²) in [5, 5.41) is 14.6. The van der Waals surface area contributed by atoms with Crippen molar-refractivity contribution in [2.24, 2.45) is 0 Å². The zero-order valence-electron chi connectivity index (χ0n) is 13.9. The van der Waals surface area contributed by atoms with Gasteiger partial charge in [-0.15, -0.1) is 0 Å². The minimum absolute atomic E-state index is 0.0902. The predicted molar refractivity (Wildman–Crippen MR) is 94.0 cm³/mol. The highest BCUT2D eigenvalue weighted by Crippen LogP contribution is 2.25. The van der Waals surface area contributed by atoms with E-state index in [1.807, 2.05) is 0 Å². The van der Waals surface area contributed by atoms with Crippen molar-refractivity contribution in [3.63, 3.8) is 0 Å². The van der Waals surface area contributed by atoms with Crippen LogP contribution in [0.4, 0.5) is 10.1 Å². The first-order valence-corrected chi connectivity index (χ1v) is 7.79. The highest BCUT2D eigenvalue weighted by molar-refractivity contribution is 5.71. The fourth-order valence-electron chi connectivity index (χ4n) is 2.34. The van der Waals surface area contributed by atoms with Gasteiger partial charge in [0.05, 0.1) is 4.92 Å². The van der Waals surface area contributed by atoms with Crippen molar-refractivity contribution < 1.29 is 18.6 Å². The van der Waals surface area contributed by atoms with Crippen LogP contribution in [0.2, 0.25) is 0 Å². The minimum atomic E-state index is -0.523. The topological polar surface area (TPSA) is 78.4 Å². The molecule has 0 aliphatic heterocycles. The second kappa shape index (κ2) is 7.60. The molecule has 0 fully saturated rings. The monoisotopic (exact) mass is 354 g/mol. The van der Waals surface area contributed by atoms with Crippen LogP contribution in [0.3, 0.4) is 0 Å². The molecule has 2 aromatic carbocycles. The Bertz CT molecular complexity index is 948. The summed E-state index contributed by atoms with van der Waals surface area (Å²) in [5.41, 5.74) is 1.36. The smallest absolute Gasteiger partial charge is 0.338 e. The second-order valence-electron chi connectivity index (χ2n) is 5.52. The number of aryl methyl sites for hydroxylation is 1. The van der Waals surface area contributed by atoms with Crippen LogP contribution in [0.25, 0.3) is 12.2 Å². The molecule has 3 aromatic rings. The first-order chi connectivity index (χ1) is 12.5. The average molecular weight is 354 g/mol. The van der Waals surface area contributed by atoms with Gasteiger partial charge in [0, 0.05) is 5.56 Å². The van der Waals surface area contributed by atoms with Crippen molar-refractivity contribution in [1.29, 1.82) is 0 Å². The average Bonchev–Trinajstić information content (AvgIpc) is 3.01. The largest absolute Gasteiger partial charge is 0.489 e. The second-order valence-corrected chi connectivity index (χ2v) is 5.52. The summed E-state index contributed by atoms with van der Waals surface area (Å²) in [6, 6.07) is 13.5. The molecular weight excluding hydrogens is 339 g/mol. The van der Waals surface area contributed by atoms with Crippen molar-refractivity contribution in [2.75, 3.05) is 0 Å². The zero-order valence-corrected chi connectivity index (χ0v) is 13.9. The van der Waals surface area contributed by atoms with Crippen LogP contribution >= 0.6 is 0 Å². The van der Waals surface area contributed by atoms with E-state index < -0.39 is 4.92 Å².